The van der Waals surface area contributed by atoms with Crippen molar-refractivity contribution in [1.29, 1.82) is 0 Å². The van der Waals surface area contributed by atoms with Gasteiger partial charge in [-0.1, -0.05) is 91.0 Å². The van der Waals surface area contributed by atoms with Crippen molar-refractivity contribution in [3.63, 3.8) is 0 Å². The predicted molar refractivity (Wildman–Crippen MR) is 154 cm³/mol. The van der Waals surface area contributed by atoms with Crippen LogP contribution in [0, 0.1) is 5.92 Å². The second-order valence-electron chi connectivity index (χ2n) is 11.0. The summed E-state index contributed by atoms with van der Waals surface area (Å²) in [7, 11) is 0. The van der Waals surface area contributed by atoms with Gasteiger partial charge in [0.2, 0.25) is 0 Å². The number of aliphatic hydroxyl groups is 1. The molecule has 0 radical (unpaired) electrons. The largest absolute Gasteiger partial charge is 0.445 e. The van der Waals surface area contributed by atoms with Gasteiger partial charge in [0, 0.05) is 57.8 Å². The standard InChI is InChI=1S/C33H41N3O3/c1-2-36(32(37)39-25-28-14-8-4-9-15-28)31-18-20-34(21-19-31)23-30-24-35(22-27-12-6-3-7-13-27)26-33(30,38)29-16-10-5-11-17-29/h3-17,30-31,38H,2,18-26H2,1H3. The third-order valence-electron chi connectivity index (χ3n) is 8.40. The number of likely N-dealkylation sites (tertiary alicyclic amines) is 2. The molecular formula is C33H41N3O3. The minimum absolute atomic E-state index is 0.110. The zero-order valence-electron chi connectivity index (χ0n) is 23.0. The van der Waals surface area contributed by atoms with Crippen LogP contribution in [-0.2, 0) is 23.5 Å². The molecule has 39 heavy (non-hydrogen) atoms. The number of carbonyl (C=O) groups is 1. The fourth-order valence-corrected chi connectivity index (χ4v) is 6.29. The number of amides is 1. The number of benzene rings is 3. The summed E-state index contributed by atoms with van der Waals surface area (Å²) >= 11 is 0. The highest BCUT2D eigenvalue weighted by Gasteiger charge is 2.47. The molecule has 2 aliphatic rings. The second-order valence-corrected chi connectivity index (χ2v) is 11.0. The van der Waals surface area contributed by atoms with E-state index in [2.05, 4.69) is 46.2 Å². The average Bonchev–Trinajstić information content (AvgIpc) is 3.30. The normalized spacial score (nSPS) is 22.6. The van der Waals surface area contributed by atoms with Crippen LogP contribution in [0.2, 0.25) is 0 Å². The Labute approximate surface area is 232 Å². The van der Waals surface area contributed by atoms with Crippen molar-refractivity contribution in [2.24, 2.45) is 5.92 Å². The van der Waals surface area contributed by atoms with Gasteiger partial charge < -0.3 is 19.6 Å². The first-order valence-corrected chi connectivity index (χ1v) is 14.3. The molecule has 0 aliphatic carbocycles. The van der Waals surface area contributed by atoms with Crippen LogP contribution in [0.5, 0.6) is 0 Å². The number of hydrogen-bond donors (Lipinski definition) is 1. The molecule has 2 heterocycles. The van der Waals surface area contributed by atoms with Crippen LogP contribution in [0.3, 0.4) is 0 Å². The van der Waals surface area contributed by atoms with Gasteiger partial charge in [-0.05, 0) is 36.5 Å². The number of piperidine rings is 1. The van der Waals surface area contributed by atoms with Crippen molar-refractivity contribution >= 4 is 6.09 Å². The molecule has 1 amide bonds. The van der Waals surface area contributed by atoms with Gasteiger partial charge in [0.05, 0.1) is 0 Å². The van der Waals surface area contributed by atoms with Crippen LogP contribution in [0.4, 0.5) is 4.79 Å². The van der Waals surface area contributed by atoms with E-state index >= 15 is 0 Å². The van der Waals surface area contributed by atoms with E-state index in [1.54, 1.807) is 0 Å². The molecule has 206 valence electrons. The summed E-state index contributed by atoms with van der Waals surface area (Å²) in [5.74, 6) is 0.110. The monoisotopic (exact) mass is 527 g/mol. The van der Waals surface area contributed by atoms with Crippen LogP contribution < -0.4 is 0 Å². The third kappa shape index (κ3) is 6.70. The minimum atomic E-state index is -0.885. The van der Waals surface area contributed by atoms with Crippen LogP contribution in [0.15, 0.2) is 91.0 Å². The Hall–Kier alpha value is -3.19. The van der Waals surface area contributed by atoms with E-state index in [0.29, 0.717) is 19.7 Å². The molecule has 2 aliphatic heterocycles. The third-order valence-corrected chi connectivity index (χ3v) is 8.40. The maximum absolute atomic E-state index is 12.9. The van der Waals surface area contributed by atoms with Crippen LogP contribution in [0.25, 0.3) is 0 Å². The van der Waals surface area contributed by atoms with Crippen LogP contribution >= 0.6 is 0 Å². The van der Waals surface area contributed by atoms with Gasteiger partial charge in [-0.3, -0.25) is 4.90 Å². The second kappa shape index (κ2) is 12.8. The molecule has 2 atom stereocenters. The van der Waals surface area contributed by atoms with Crippen molar-refractivity contribution in [1.82, 2.24) is 14.7 Å². The number of rotatable bonds is 9. The summed E-state index contributed by atoms with van der Waals surface area (Å²) in [6, 6.07) is 30.7. The summed E-state index contributed by atoms with van der Waals surface area (Å²) in [6.45, 7) is 7.95. The van der Waals surface area contributed by atoms with Gasteiger partial charge >= 0.3 is 6.09 Å². The number of hydrogen-bond acceptors (Lipinski definition) is 5. The Balaban J connectivity index is 1.19. The summed E-state index contributed by atoms with van der Waals surface area (Å²) in [6.07, 6.45) is 1.60. The first-order valence-electron chi connectivity index (χ1n) is 14.3. The zero-order valence-corrected chi connectivity index (χ0v) is 23.0. The van der Waals surface area contributed by atoms with E-state index in [-0.39, 0.29) is 18.1 Å². The SMILES string of the molecule is CCN(C(=O)OCc1ccccc1)C1CCN(CC2CN(Cc3ccccc3)CC2(O)c2ccccc2)CC1. The van der Waals surface area contributed by atoms with Gasteiger partial charge in [-0.2, -0.15) is 0 Å². The Morgan fingerprint density at radius 1 is 0.897 bits per heavy atom. The molecule has 2 unspecified atom stereocenters. The molecule has 2 saturated heterocycles. The Morgan fingerprint density at radius 3 is 2.10 bits per heavy atom. The molecule has 5 rings (SSSR count). The minimum Gasteiger partial charge on any atom is -0.445 e. The molecule has 6 heteroatoms. The van der Waals surface area contributed by atoms with E-state index in [9.17, 15) is 9.90 Å². The van der Waals surface area contributed by atoms with Crippen molar-refractivity contribution in [3.05, 3.63) is 108 Å². The van der Waals surface area contributed by atoms with Crippen LogP contribution in [0.1, 0.15) is 36.5 Å². The zero-order chi connectivity index (χ0) is 27.1. The van der Waals surface area contributed by atoms with Crippen molar-refractivity contribution in [2.75, 3.05) is 39.3 Å². The highest BCUT2D eigenvalue weighted by atomic mass is 16.6. The average molecular weight is 528 g/mol. The van der Waals surface area contributed by atoms with Gasteiger partial charge in [0.25, 0.3) is 0 Å². The Bertz CT molecular complexity index is 1170. The predicted octanol–water partition coefficient (Wildman–Crippen LogP) is 5.13. The van der Waals surface area contributed by atoms with Gasteiger partial charge in [0.1, 0.15) is 12.2 Å². The highest BCUT2D eigenvalue weighted by Crippen LogP contribution is 2.38. The fourth-order valence-electron chi connectivity index (χ4n) is 6.29. The molecular weight excluding hydrogens is 486 g/mol. The molecule has 2 fully saturated rings. The van der Waals surface area contributed by atoms with Crippen LogP contribution in [-0.4, -0.2) is 71.2 Å². The number of nitrogens with zero attached hydrogens (tertiary/aromatic N) is 3. The van der Waals surface area contributed by atoms with E-state index < -0.39 is 5.60 Å². The first kappa shape index (κ1) is 27.4. The molecule has 6 nitrogen and oxygen atoms in total. The van der Waals surface area contributed by atoms with Gasteiger partial charge in [-0.15, -0.1) is 0 Å². The fraction of sp³-hybridized carbons (Fsp3) is 0.424. The molecule has 0 aromatic heterocycles. The van der Waals surface area contributed by atoms with Gasteiger partial charge in [0.15, 0.2) is 0 Å². The van der Waals surface area contributed by atoms with Crippen molar-refractivity contribution in [2.45, 2.75) is 44.6 Å². The summed E-state index contributed by atoms with van der Waals surface area (Å²) in [4.78, 5) is 19.6. The molecule has 3 aromatic rings. The number of carbonyl (C=O) groups excluding carboxylic acids is 1. The maximum atomic E-state index is 12.9. The summed E-state index contributed by atoms with van der Waals surface area (Å²) < 4.78 is 5.64. The summed E-state index contributed by atoms with van der Waals surface area (Å²) in [5, 5.41) is 12.1. The van der Waals surface area contributed by atoms with E-state index in [1.807, 2.05) is 66.4 Å². The Morgan fingerprint density at radius 2 is 1.49 bits per heavy atom. The van der Waals surface area contributed by atoms with Crippen molar-refractivity contribution < 1.29 is 14.6 Å². The Kier molecular flexibility index (Phi) is 8.97. The van der Waals surface area contributed by atoms with Crippen molar-refractivity contribution in [3.8, 4) is 0 Å². The summed E-state index contributed by atoms with van der Waals surface area (Å²) in [5.41, 5.74) is 2.39. The van der Waals surface area contributed by atoms with Gasteiger partial charge in [-0.25, -0.2) is 4.79 Å². The lowest BCUT2D eigenvalue weighted by Crippen LogP contribution is -2.50. The molecule has 0 saturated carbocycles. The lowest BCUT2D eigenvalue weighted by atomic mass is 9.83. The number of ether oxygens (including phenoxy) is 1. The number of β-amino-alcohol motifs (C(OH)–C–C–N with tert-alkyl or cyclic N) is 1. The molecule has 0 bridgehead atoms. The molecule has 0 spiro atoms. The van der Waals surface area contributed by atoms with E-state index in [4.69, 9.17) is 4.74 Å². The first-order chi connectivity index (χ1) is 19.0. The lowest BCUT2D eigenvalue weighted by molar-refractivity contribution is -0.0107. The lowest BCUT2D eigenvalue weighted by Gasteiger charge is -2.40. The van der Waals surface area contributed by atoms with E-state index in [0.717, 1.165) is 56.7 Å². The smallest absolute Gasteiger partial charge is 0.410 e. The quantitative estimate of drug-likeness (QED) is 0.418. The topological polar surface area (TPSA) is 56.2 Å². The maximum Gasteiger partial charge on any atom is 0.410 e. The highest BCUT2D eigenvalue weighted by molar-refractivity contribution is 5.68. The van der Waals surface area contributed by atoms with E-state index in [1.165, 1.54) is 5.56 Å². The molecule has 3 aromatic carbocycles. The molecule has 1 N–H and O–H groups in total.